The van der Waals surface area contributed by atoms with Gasteiger partial charge in [-0.25, -0.2) is 0 Å². The monoisotopic (exact) mass is 99.1 g/mol. The van der Waals surface area contributed by atoms with Crippen LogP contribution < -0.4 is 0 Å². The van der Waals surface area contributed by atoms with Gasteiger partial charge >= 0.3 is 0 Å². The van der Waals surface area contributed by atoms with Crippen LogP contribution in [-0.4, -0.2) is 5.54 Å². The Morgan fingerprint density at radius 3 is 2.14 bits per heavy atom. The summed E-state index contributed by atoms with van der Waals surface area (Å²) in [6, 6.07) is 0. The van der Waals surface area contributed by atoms with Crippen LogP contribution in [0.3, 0.4) is 0 Å². The van der Waals surface area contributed by atoms with Crippen molar-refractivity contribution < 1.29 is 0 Å². The first-order chi connectivity index (χ1) is 3.12. The number of hydrogen-bond donors (Lipinski definition) is 0. The molecule has 2 heteroatoms. The topological polar surface area (TPSA) is 29.4 Å². The molecule has 0 saturated carbocycles. The highest BCUT2D eigenvalue weighted by atomic mass is 16.3. The molecule has 2 nitrogen and oxygen atoms in total. The van der Waals surface area contributed by atoms with Crippen molar-refractivity contribution in [1.29, 1.82) is 0 Å². The van der Waals surface area contributed by atoms with Crippen LogP contribution >= 0.6 is 0 Å². The van der Waals surface area contributed by atoms with Crippen LogP contribution in [0.4, 0.5) is 0 Å². The van der Waals surface area contributed by atoms with Gasteiger partial charge in [-0.05, 0) is 13.8 Å². The van der Waals surface area contributed by atoms with Gasteiger partial charge in [0.05, 0.1) is 0 Å². The van der Waals surface area contributed by atoms with Crippen molar-refractivity contribution in [3.05, 3.63) is 17.6 Å². The molecular formula is C5H9NO. The number of rotatable bonds is 2. The Hall–Kier alpha value is -0.660. The summed E-state index contributed by atoms with van der Waals surface area (Å²) in [6.45, 7) is 6.81. The maximum atomic E-state index is 9.74. The van der Waals surface area contributed by atoms with Gasteiger partial charge in [0.1, 0.15) is 5.54 Å². The standard InChI is InChI=1S/C5H9NO/c1-4-5(2,3)6-7/h4H,1H2,2-3H3. The second-order valence-corrected chi connectivity index (χ2v) is 1.95. The van der Waals surface area contributed by atoms with Crippen molar-refractivity contribution in [2.24, 2.45) is 5.18 Å². The molecule has 0 unspecified atom stereocenters. The largest absolute Gasteiger partial charge is 0.150 e. The van der Waals surface area contributed by atoms with Gasteiger partial charge in [0, 0.05) is 0 Å². The SMILES string of the molecule is C=CC(C)(C)N=O. The van der Waals surface area contributed by atoms with Gasteiger partial charge in [-0.1, -0.05) is 11.3 Å². The molecule has 0 amide bonds. The molecule has 0 aromatic carbocycles. The summed E-state index contributed by atoms with van der Waals surface area (Å²) in [6.07, 6.45) is 1.51. The summed E-state index contributed by atoms with van der Waals surface area (Å²) in [5.41, 5.74) is -0.583. The Labute approximate surface area is 43.2 Å². The summed E-state index contributed by atoms with van der Waals surface area (Å²) >= 11 is 0. The minimum atomic E-state index is -0.583. The molecule has 0 aliphatic carbocycles. The van der Waals surface area contributed by atoms with Crippen LogP contribution in [0.25, 0.3) is 0 Å². The molecule has 7 heavy (non-hydrogen) atoms. The third-order valence-corrected chi connectivity index (χ3v) is 0.735. The molecule has 0 spiro atoms. The Bertz CT molecular complexity index is 76.1. The second-order valence-electron chi connectivity index (χ2n) is 1.95. The summed E-state index contributed by atoms with van der Waals surface area (Å²) in [4.78, 5) is 9.74. The van der Waals surface area contributed by atoms with Gasteiger partial charge in [-0.3, -0.25) is 0 Å². The third-order valence-electron chi connectivity index (χ3n) is 0.735. The zero-order valence-corrected chi connectivity index (χ0v) is 4.64. The first-order valence-corrected chi connectivity index (χ1v) is 2.10. The Kier molecular flexibility index (Phi) is 1.69. The van der Waals surface area contributed by atoms with Crippen LogP contribution in [0.2, 0.25) is 0 Å². The molecule has 0 saturated heterocycles. The third kappa shape index (κ3) is 2.09. The molecule has 0 N–H and O–H groups in total. The quantitative estimate of drug-likeness (QED) is 0.383. The smallest absolute Gasteiger partial charge is 0.115 e. The van der Waals surface area contributed by atoms with Crippen molar-refractivity contribution in [3.63, 3.8) is 0 Å². The van der Waals surface area contributed by atoms with E-state index in [1.54, 1.807) is 13.8 Å². The van der Waals surface area contributed by atoms with Gasteiger partial charge < -0.3 is 0 Å². The Morgan fingerprint density at radius 2 is 2.14 bits per heavy atom. The van der Waals surface area contributed by atoms with E-state index in [2.05, 4.69) is 11.8 Å². The summed E-state index contributed by atoms with van der Waals surface area (Å²) < 4.78 is 0. The van der Waals surface area contributed by atoms with E-state index in [-0.39, 0.29) is 0 Å². The molecule has 0 fully saturated rings. The fourth-order valence-corrected chi connectivity index (χ4v) is 0.0373. The Morgan fingerprint density at radius 1 is 1.71 bits per heavy atom. The van der Waals surface area contributed by atoms with Crippen LogP contribution in [0.1, 0.15) is 13.8 Å². The minimum Gasteiger partial charge on any atom is -0.150 e. The first-order valence-electron chi connectivity index (χ1n) is 2.10. The lowest BCUT2D eigenvalue weighted by Gasteiger charge is -2.04. The molecule has 0 radical (unpaired) electrons. The molecule has 0 rings (SSSR count). The van der Waals surface area contributed by atoms with E-state index in [0.717, 1.165) is 0 Å². The predicted molar refractivity (Wildman–Crippen MR) is 30.1 cm³/mol. The van der Waals surface area contributed by atoms with Gasteiger partial charge in [-0.2, -0.15) is 0 Å². The Balaban J connectivity index is 3.82. The minimum absolute atomic E-state index is 0.583. The molecule has 0 aromatic rings. The van der Waals surface area contributed by atoms with Gasteiger partial charge in [0.25, 0.3) is 0 Å². The lowest BCUT2D eigenvalue weighted by molar-refractivity contribution is 0.652. The summed E-state index contributed by atoms with van der Waals surface area (Å²) in [5.74, 6) is 0. The molecule has 0 atom stereocenters. The van der Waals surface area contributed by atoms with Crippen molar-refractivity contribution in [2.75, 3.05) is 0 Å². The second kappa shape index (κ2) is 1.87. The highest BCUT2D eigenvalue weighted by molar-refractivity contribution is 4.94. The van der Waals surface area contributed by atoms with Crippen LogP contribution in [-0.2, 0) is 0 Å². The van der Waals surface area contributed by atoms with Crippen molar-refractivity contribution in [2.45, 2.75) is 19.4 Å². The van der Waals surface area contributed by atoms with E-state index in [4.69, 9.17) is 0 Å². The number of nitroso groups, excluding NO2 is 1. The molecule has 0 aromatic heterocycles. The summed E-state index contributed by atoms with van der Waals surface area (Å²) in [7, 11) is 0. The van der Waals surface area contributed by atoms with Crippen LogP contribution in [0, 0.1) is 4.91 Å². The van der Waals surface area contributed by atoms with E-state index >= 15 is 0 Å². The molecule has 40 valence electrons. The lowest BCUT2D eigenvalue weighted by atomic mass is 10.1. The van der Waals surface area contributed by atoms with E-state index in [9.17, 15) is 4.91 Å². The zero-order chi connectivity index (χ0) is 5.91. The maximum absolute atomic E-state index is 9.74. The van der Waals surface area contributed by atoms with Crippen LogP contribution in [0.5, 0.6) is 0 Å². The molecule has 0 aliphatic heterocycles. The fourth-order valence-electron chi connectivity index (χ4n) is 0.0373. The molecule has 0 aliphatic rings. The van der Waals surface area contributed by atoms with E-state index < -0.39 is 5.54 Å². The summed E-state index contributed by atoms with van der Waals surface area (Å²) in [5, 5.41) is 2.77. The zero-order valence-electron chi connectivity index (χ0n) is 4.64. The average molecular weight is 99.1 g/mol. The number of nitrogens with zero attached hydrogens (tertiary/aromatic N) is 1. The number of hydrogen-bond acceptors (Lipinski definition) is 2. The fraction of sp³-hybridized carbons (Fsp3) is 0.600. The molecule has 0 heterocycles. The lowest BCUT2D eigenvalue weighted by Crippen LogP contribution is -2.09. The average Bonchev–Trinajstić information content (AvgIpc) is 1.68. The van der Waals surface area contributed by atoms with Gasteiger partial charge in [0.2, 0.25) is 0 Å². The maximum Gasteiger partial charge on any atom is 0.115 e. The van der Waals surface area contributed by atoms with Gasteiger partial charge in [0.15, 0.2) is 0 Å². The van der Waals surface area contributed by atoms with Crippen molar-refractivity contribution in [3.8, 4) is 0 Å². The molecular weight excluding hydrogens is 90.1 g/mol. The van der Waals surface area contributed by atoms with Crippen LogP contribution in [0.15, 0.2) is 17.8 Å². The highest BCUT2D eigenvalue weighted by Crippen LogP contribution is 2.06. The van der Waals surface area contributed by atoms with E-state index in [1.165, 1.54) is 6.08 Å². The van der Waals surface area contributed by atoms with E-state index in [1.807, 2.05) is 0 Å². The molecule has 0 bridgehead atoms. The van der Waals surface area contributed by atoms with E-state index in [0.29, 0.717) is 0 Å². The van der Waals surface area contributed by atoms with Gasteiger partial charge in [-0.15, -0.1) is 11.5 Å². The first kappa shape index (κ1) is 6.34. The van der Waals surface area contributed by atoms with Crippen molar-refractivity contribution >= 4 is 0 Å². The normalized spacial score (nSPS) is 10.6. The van der Waals surface area contributed by atoms with Crippen molar-refractivity contribution in [1.82, 2.24) is 0 Å². The highest BCUT2D eigenvalue weighted by Gasteiger charge is 2.10. The predicted octanol–water partition coefficient (Wildman–Crippen LogP) is 1.72.